The number of ether oxygens (including phenoxy) is 16. The minimum atomic E-state index is -0.612. The summed E-state index contributed by atoms with van der Waals surface area (Å²) in [5, 5.41) is 85.0. The molecule has 0 unspecified atom stereocenters. The van der Waals surface area contributed by atoms with Crippen LogP contribution in [-0.2, 0) is 0 Å². The number of nitrogen functional groups attached to an aromatic ring is 1. The van der Waals surface area contributed by atoms with Crippen molar-refractivity contribution >= 4 is 112 Å². The fraction of sp³-hybridized carbons (Fsp3) is 0.148. The Hall–Kier alpha value is -19.2. The lowest BCUT2D eigenvalue weighted by atomic mass is 10.1. The van der Waals surface area contributed by atoms with E-state index in [9.17, 15) is 64.9 Å². The molecule has 36 heteroatoms. The highest BCUT2D eigenvalue weighted by Crippen LogP contribution is 2.46. The first-order chi connectivity index (χ1) is 69.4. The molecule has 0 heterocycles. The van der Waals surface area contributed by atoms with Gasteiger partial charge in [0.1, 0.15) is 5.75 Å². The van der Waals surface area contributed by atoms with Crippen LogP contribution < -0.4 is 103 Å². The number of benzene rings is 12. The Balaban J connectivity index is 0.000000214. The van der Waals surface area contributed by atoms with E-state index in [4.69, 9.17) is 81.5 Å². The average Bonchev–Trinajstić information content (AvgIpc) is 0.834. The van der Waals surface area contributed by atoms with Crippen LogP contribution in [0.15, 0.2) is 243 Å². The van der Waals surface area contributed by atoms with Crippen LogP contribution in [0.3, 0.4) is 0 Å². The number of hydrogen-bond acceptors (Lipinski definition) is 34. The minimum Gasteiger partial charge on any atom is -0.508 e. The zero-order chi connectivity index (χ0) is 105. The molecule has 0 aliphatic heterocycles. The van der Waals surface area contributed by atoms with Gasteiger partial charge < -0.3 is 128 Å². The lowest BCUT2D eigenvalue weighted by Crippen LogP contribution is -2.02. The van der Waals surface area contributed by atoms with Crippen LogP contribution in [0.1, 0.15) is 85.9 Å². The molecule has 748 valence electrons. The summed E-state index contributed by atoms with van der Waals surface area (Å²) in [5.41, 5.74) is 14.6. The minimum absolute atomic E-state index is 0.0394. The highest BCUT2D eigenvalue weighted by Gasteiger charge is 2.23. The molecule has 0 atom stereocenters. The molecule has 0 saturated heterocycles. The van der Waals surface area contributed by atoms with E-state index in [2.05, 4.69) is 21.3 Å². The van der Waals surface area contributed by atoms with Gasteiger partial charge in [0.05, 0.1) is 152 Å². The molecule has 0 fully saturated rings. The first-order valence-corrected chi connectivity index (χ1v) is 43.0. The largest absolute Gasteiger partial charge is 0.508 e. The standard InChI is InChI=1S/2C27H26N2O8.C27H28N2O6.C27H27NO7/c1-34-24-15-18(16-25(35-2)27(24)37-4)6-5-17-13-21(26(36-3)23(31)14-17)28-12-11-22(30)19-7-9-20(10-8-19)29(32)33;1-34-24-15-18(16-25(35-2)27(24)37-4)10-9-17-13-20(26(36-3)23(31)14-17)28-12-11-22(30)19-7-5-6-8-21(19)29(32)33;1-32-24-15-18(16-25(33-2)27(24)35-4)6-5-17-13-21(26(34-3)23(31)14-17)29-12-11-22(30)19-7-9-20(28)10-8-19;1-32-24-15-18(16-25(33-2)27(24)35-4)6-5-17-13-21(26(34-3)23(31)14-17)28-12-11-22(30)19-7-9-20(29)10-8-19/h2*5-16,28,31H,1-4H3;5-16,29,31H,28H2,1-4H3;5-16,28-29,31H,1-4H3/b6-5-,12-11-;10-9-,12-11-;2*6-5-,12-11-. The van der Waals surface area contributed by atoms with E-state index in [1.807, 2.05) is 36.4 Å². The summed E-state index contributed by atoms with van der Waals surface area (Å²) >= 11 is 0. The van der Waals surface area contributed by atoms with E-state index in [-0.39, 0.29) is 86.0 Å². The molecule has 12 aromatic rings. The van der Waals surface area contributed by atoms with E-state index < -0.39 is 15.6 Å². The van der Waals surface area contributed by atoms with Gasteiger partial charge in [-0.05, 0) is 208 Å². The summed E-state index contributed by atoms with van der Waals surface area (Å²) in [5.74, 6) is 5.25. The van der Waals surface area contributed by atoms with Crippen molar-refractivity contribution in [1.29, 1.82) is 0 Å². The number of nitrogens with one attached hydrogen (secondary N) is 4. The Morgan fingerprint density at radius 1 is 0.271 bits per heavy atom. The summed E-state index contributed by atoms with van der Waals surface area (Å²) in [7, 11) is 24.1. The van der Waals surface area contributed by atoms with Crippen molar-refractivity contribution in [2.24, 2.45) is 0 Å². The van der Waals surface area contributed by atoms with E-state index in [0.717, 1.165) is 28.3 Å². The fourth-order valence-corrected chi connectivity index (χ4v) is 13.8. The van der Waals surface area contributed by atoms with Gasteiger partial charge >= 0.3 is 0 Å². The monoisotopic (exact) mass is 1970 g/mol. The quantitative estimate of drug-likeness (QED) is 0.00424. The Morgan fingerprint density at radius 2 is 0.493 bits per heavy atom. The number of nitro benzene ring substituents is 2. The number of nitrogens with zero attached hydrogens (tertiary/aromatic N) is 2. The lowest BCUT2D eigenvalue weighted by Gasteiger charge is -2.13. The molecule has 12 rings (SSSR count). The molecular weight excluding hydrogens is 1860 g/mol. The number of phenols is 5. The van der Waals surface area contributed by atoms with Gasteiger partial charge in [0, 0.05) is 89.7 Å². The molecule has 0 spiro atoms. The van der Waals surface area contributed by atoms with Crippen molar-refractivity contribution in [3.05, 3.63) is 330 Å². The van der Waals surface area contributed by atoms with E-state index >= 15 is 0 Å². The third-order valence-electron chi connectivity index (χ3n) is 20.8. The third-order valence-corrected chi connectivity index (χ3v) is 20.8. The number of methoxy groups -OCH3 is 16. The third kappa shape index (κ3) is 29.2. The van der Waals surface area contributed by atoms with Gasteiger partial charge in [-0.3, -0.25) is 39.4 Å². The van der Waals surface area contributed by atoms with Crippen LogP contribution in [0.2, 0.25) is 0 Å². The van der Waals surface area contributed by atoms with Crippen molar-refractivity contribution < 1.29 is 130 Å². The van der Waals surface area contributed by atoms with Crippen molar-refractivity contribution in [2.75, 3.05) is 141 Å². The molecule has 36 nitrogen and oxygen atoms in total. The first-order valence-electron chi connectivity index (χ1n) is 43.0. The summed E-state index contributed by atoms with van der Waals surface area (Å²) in [4.78, 5) is 70.4. The summed E-state index contributed by atoms with van der Waals surface area (Å²) in [6.45, 7) is 0. The van der Waals surface area contributed by atoms with Gasteiger partial charge in [0.25, 0.3) is 11.4 Å². The number of non-ortho nitro benzene ring substituents is 1. The van der Waals surface area contributed by atoms with E-state index in [1.165, 1.54) is 200 Å². The number of rotatable bonds is 42. The zero-order valence-electron chi connectivity index (χ0n) is 81.2. The lowest BCUT2D eigenvalue weighted by molar-refractivity contribution is -0.385. The highest BCUT2D eigenvalue weighted by molar-refractivity contribution is 6.08. The number of hydrogen-bond donors (Lipinski definition) is 10. The smallest absolute Gasteiger partial charge is 0.280 e. The highest BCUT2D eigenvalue weighted by atomic mass is 16.6. The molecule has 0 aromatic heterocycles. The predicted octanol–water partition coefficient (Wildman–Crippen LogP) is 20.7. The molecule has 12 aromatic carbocycles. The molecule has 0 amide bonds. The fourth-order valence-electron chi connectivity index (χ4n) is 13.8. The number of allylic oxidation sites excluding steroid dienone is 4. The normalized spacial score (nSPS) is 10.9. The van der Waals surface area contributed by atoms with Crippen LogP contribution >= 0.6 is 0 Å². The number of nitro groups is 2. The van der Waals surface area contributed by atoms with Crippen LogP contribution in [0.5, 0.6) is 121 Å². The second-order valence-corrected chi connectivity index (χ2v) is 29.8. The summed E-state index contributed by atoms with van der Waals surface area (Å²) in [6.07, 6.45) is 25.3. The maximum absolute atomic E-state index is 12.5. The maximum atomic E-state index is 12.5. The number of ketones is 4. The second kappa shape index (κ2) is 53.5. The van der Waals surface area contributed by atoms with Crippen LogP contribution in [0.4, 0.5) is 39.8 Å². The van der Waals surface area contributed by atoms with Crippen LogP contribution in [0, 0.1) is 20.2 Å². The molecule has 144 heavy (non-hydrogen) atoms. The van der Waals surface area contributed by atoms with E-state index in [1.54, 1.807) is 163 Å². The van der Waals surface area contributed by atoms with Crippen molar-refractivity contribution in [1.82, 2.24) is 0 Å². The van der Waals surface area contributed by atoms with Gasteiger partial charge in [-0.15, -0.1) is 0 Å². The van der Waals surface area contributed by atoms with Gasteiger partial charge in [-0.2, -0.15) is 0 Å². The number of carbonyl (C=O) groups excluding carboxylic acids is 4. The second-order valence-electron chi connectivity index (χ2n) is 29.8. The average molecular weight is 1970 g/mol. The van der Waals surface area contributed by atoms with Gasteiger partial charge in [-0.1, -0.05) is 60.7 Å². The van der Waals surface area contributed by atoms with Crippen molar-refractivity contribution in [3.8, 4) is 121 Å². The Bertz CT molecular complexity index is 6530. The number of anilines is 5. The summed E-state index contributed by atoms with van der Waals surface area (Å²) < 4.78 is 85.7. The molecule has 0 bridgehead atoms. The molecule has 0 radical (unpaired) electrons. The molecular formula is C108H107N7O29. The van der Waals surface area contributed by atoms with Gasteiger partial charge in [0.2, 0.25) is 23.0 Å². The topological polar surface area (TPSA) is 478 Å². The molecule has 0 aliphatic carbocycles. The molecule has 0 saturated carbocycles. The van der Waals surface area contributed by atoms with Crippen LogP contribution in [-0.4, -0.2) is 172 Å². The number of para-hydroxylation sites is 1. The molecule has 0 aliphatic rings. The number of carbonyl (C=O) groups is 4. The maximum Gasteiger partial charge on any atom is 0.280 e. The number of nitrogens with two attached hydrogens (primary N) is 1. The Morgan fingerprint density at radius 3 is 0.722 bits per heavy atom. The number of aromatic hydroxyl groups is 5. The van der Waals surface area contributed by atoms with Gasteiger partial charge in [-0.25, -0.2) is 0 Å². The Labute approximate surface area is 829 Å². The predicted molar refractivity (Wildman–Crippen MR) is 552 cm³/mol. The van der Waals surface area contributed by atoms with E-state index in [0.29, 0.717) is 136 Å². The summed E-state index contributed by atoms with van der Waals surface area (Å²) in [6, 6.07) is 51.1. The molecule has 11 N–H and O–H groups in total. The van der Waals surface area contributed by atoms with Crippen molar-refractivity contribution in [2.45, 2.75) is 0 Å². The SMILES string of the molecule is COc1cc(/C=C\c2cc(O)c(OC)c(N/C=C\C(=O)c3ccc(N)cc3)c2)cc(OC)c1OC.COc1cc(/C=C\c2cc(O)c(OC)c(N/C=C\C(=O)c3ccc(O)cc3)c2)cc(OC)c1OC.COc1cc(/C=C\c2cc(O)c(OC)c(N/C=C\C(=O)c3ccc([N+](=O)[O-])cc3)c2)cc(OC)c1OC.COc1cc(/C=C\c2cc(O)c(OC)c(N/C=C\C(=O)c3ccccc3[N+](=O)[O-])c2)cc(OC)c1OC. The number of phenolic OH excluding ortho intramolecular Hbond substituents is 5. The van der Waals surface area contributed by atoms with Gasteiger partial charge in [0.15, 0.2) is 115 Å². The zero-order valence-corrected chi connectivity index (χ0v) is 81.2. The van der Waals surface area contributed by atoms with Crippen LogP contribution in [0.25, 0.3) is 48.6 Å². The van der Waals surface area contributed by atoms with Crippen molar-refractivity contribution in [3.63, 3.8) is 0 Å². The first kappa shape index (κ1) is 108. The Kier molecular flexibility index (Phi) is 40.3.